The van der Waals surface area contributed by atoms with Crippen LogP contribution >= 0.6 is 15.9 Å². The first-order chi connectivity index (χ1) is 18.7. The maximum atomic E-state index is 13.4. The minimum absolute atomic E-state index is 0.0799. The van der Waals surface area contributed by atoms with E-state index in [4.69, 9.17) is 19.8 Å². The van der Waals surface area contributed by atoms with Crippen molar-refractivity contribution in [2.45, 2.75) is 44.8 Å². The molecule has 0 bridgehead atoms. The molecule has 4 heterocycles. The first-order valence-electron chi connectivity index (χ1n) is 13.1. The van der Waals surface area contributed by atoms with Crippen LogP contribution in [0.3, 0.4) is 0 Å². The number of halogens is 1. The number of aromatic nitrogens is 6. The summed E-state index contributed by atoms with van der Waals surface area (Å²) in [5, 5.41) is 13.0. The molecule has 6 rings (SSSR count). The molecule has 0 spiro atoms. The Morgan fingerprint density at radius 3 is 2.54 bits per heavy atom. The molecule has 0 unspecified atom stereocenters. The van der Waals surface area contributed by atoms with E-state index in [1.807, 2.05) is 38.4 Å². The molecule has 2 aliphatic rings. The van der Waals surface area contributed by atoms with Gasteiger partial charge in [-0.15, -0.1) is 5.10 Å². The van der Waals surface area contributed by atoms with Crippen LogP contribution in [0.1, 0.15) is 33.1 Å². The van der Waals surface area contributed by atoms with E-state index in [2.05, 4.69) is 26.3 Å². The molecule has 39 heavy (non-hydrogen) atoms. The molecule has 1 aromatic carbocycles. The second-order valence-corrected chi connectivity index (χ2v) is 11.3. The van der Waals surface area contributed by atoms with Crippen LogP contribution in [0.5, 0.6) is 0 Å². The number of hydrogen-bond donors (Lipinski definition) is 1. The topological polar surface area (TPSA) is 123 Å². The molecule has 12 nitrogen and oxygen atoms in total. The summed E-state index contributed by atoms with van der Waals surface area (Å²) in [5.74, 6) is 0.839. The number of amides is 2. The molecule has 2 amide bonds. The molecule has 1 saturated heterocycles. The van der Waals surface area contributed by atoms with Gasteiger partial charge in [0.25, 0.3) is 0 Å². The number of ether oxygens (including phenoxy) is 1. The van der Waals surface area contributed by atoms with Crippen LogP contribution in [-0.2, 0) is 16.6 Å². The number of hydrogen-bond acceptors (Lipinski definition) is 8. The van der Waals surface area contributed by atoms with E-state index in [1.54, 1.807) is 32.1 Å². The Labute approximate surface area is 233 Å². The number of carbonyl (C=O) groups excluding carboxylic acids is 2. The van der Waals surface area contributed by atoms with Gasteiger partial charge >= 0.3 is 6.09 Å². The van der Waals surface area contributed by atoms with Gasteiger partial charge in [0.15, 0.2) is 11.5 Å². The number of anilines is 1. The van der Waals surface area contributed by atoms with E-state index >= 15 is 0 Å². The average Bonchev–Trinajstić information content (AvgIpc) is 3.55. The summed E-state index contributed by atoms with van der Waals surface area (Å²) in [6.07, 6.45) is 6.17. The monoisotopic (exact) mass is 595 g/mol. The molecule has 204 valence electrons. The third-order valence-electron chi connectivity index (χ3n) is 7.53. The zero-order valence-corrected chi connectivity index (χ0v) is 23.7. The Balaban J connectivity index is 1.21. The average molecular weight is 596 g/mol. The normalized spacial score (nSPS) is 17.7. The van der Waals surface area contributed by atoms with Crippen molar-refractivity contribution in [3.05, 3.63) is 35.1 Å². The maximum Gasteiger partial charge on any atom is 0.410 e. The van der Waals surface area contributed by atoms with E-state index in [0.717, 1.165) is 34.7 Å². The standard InChI is InChI=1S/C26H30BrN9O3/c1-16(23(37)34-10-12-35(13-11-34)25(38)39-26(2)8-5-9-26)29-24-30-20-18(6-4-7-19(20)27)22-31-21(32-36(22)24)17-14-28-33(3)15-17/h4,6-7,14-16H,5,8-13H2,1-3H3,(H,29,30)/t16-/m1/s1. The second-order valence-electron chi connectivity index (χ2n) is 10.5. The summed E-state index contributed by atoms with van der Waals surface area (Å²) in [6.45, 7) is 5.55. The van der Waals surface area contributed by atoms with Crippen molar-refractivity contribution in [1.82, 2.24) is 39.2 Å². The highest BCUT2D eigenvalue weighted by Gasteiger charge is 2.38. The van der Waals surface area contributed by atoms with Gasteiger partial charge in [-0.2, -0.15) is 9.61 Å². The smallest absolute Gasteiger partial charge is 0.410 e. The summed E-state index contributed by atoms with van der Waals surface area (Å²) >= 11 is 3.59. The Bertz CT molecular complexity index is 1570. The van der Waals surface area contributed by atoms with E-state index in [-0.39, 0.29) is 17.6 Å². The van der Waals surface area contributed by atoms with Crippen LogP contribution < -0.4 is 5.32 Å². The number of nitrogens with one attached hydrogen (secondary N) is 1. The number of nitrogens with zero attached hydrogens (tertiary/aromatic N) is 8. The van der Waals surface area contributed by atoms with Gasteiger partial charge < -0.3 is 19.9 Å². The predicted molar refractivity (Wildman–Crippen MR) is 148 cm³/mol. The third kappa shape index (κ3) is 4.79. The lowest BCUT2D eigenvalue weighted by atomic mass is 9.82. The molecule has 1 N–H and O–H groups in total. The molecule has 1 atom stereocenters. The van der Waals surface area contributed by atoms with Crippen molar-refractivity contribution in [3.8, 4) is 11.4 Å². The van der Waals surface area contributed by atoms with Crippen LogP contribution in [0.2, 0.25) is 0 Å². The van der Waals surface area contributed by atoms with Gasteiger partial charge in [-0.1, -0.05) is 6.07 Å². The van der Waals surface area contributed by atoms with Crippen LogP contribution in [-0.4, -0.2) is 89.0 Å². The van der Waals surface area contributed by atoms with Crippen LogP contribution in [0.25, 0.3) is 27.9 Å². The number of benzene rings is 1. The molecule has 13 heteroatoms. The van der Waals surface area contributed by atoms with Crippen molar-refractivity contribution in [2.75, 3.05) is 31.5 Å². The molecule has 2 fully saturated rings. The van der Waals surface area contributed by atoms with Crippen molar-refractivity contribution in [2.24, 2.45) is 7.05 Å². The van der Waals surface area contributed by atoms with Gasteiger partial charge in [0.05, 0.1) is 17.3 Å². The van der Waals surface area contributed by atoms with Gasteiger partial charge in [0.2, 0.25) is 11.9 Å². The lowest BCUT2D eigenvalue weighted by molar-refractivity contribution is -0.133. The lowest BCUT2D eigenvalue weighted by Gasteiger charge is -2.41. The largest absolute Gasteiger partial charge is 0.443 e. The van der Waals surface area contributed by atoms with Gasteiger partial charge in [-0.05, 0) is 61.2 Å². The molecule has 1 aliphatic heterocycles. The minimum atomic E-state index is -0.584. The second kappa shape index (κ2) is 9.78. The quantitative estimate of drug-likeness (QED) is 0.372. The lowest BCUT2D eigenvalue weighted by Crippen LogP contribution is -2.55. The van der Waals surface area contributed by atoms with Crippen LogP contribution in [0.15, 0.2) is 35.1 Å². The van der Waals surface area contributed by atoms with Crippen molar-refractivity contribution in [3.63, 3.8) is 0 Å². The Morgan fingerprint density at radius 2 is 1.87 bits per heavy atom. The summed E-state index contributed by atoms with van der Waals surface area (Å²) in [6, 6.07) is 5.20. The summed E-state index contributed by atoms with van der Waals surface area (Å²) in [7, 11) is 1.84. The number of fused-ring (bicyclic) bond motifs is 3. The maximum absolute atomic E-state index is 13.4. The van der Waals surface area contributed by atoms with Gasteiger partial charge in [-0.3, -0.25) is 9.48 Å². The number of aryl methyl sites for hydroxylation is 1. The highest BCUT2D eigenvalue weighted by Crippen LogP contribution is 2.35. The number of piperazine rings is 1. The van der Waals surface area contributed by atoms with Gasteiger partial charge in [0.1, 0.15) is 11.6 Å². The number of rotatable bonds is 5. The fourth-order valence-electron chi connectivity index (χ4n) is 5.04. The van der Waals surface area contributed by atoms with Crippen molar-refractivity contribution >= 4 is 50.4 Å². The predicted octanol–water partition coefficient (Wildman–Crippen LogP) is 3.46. The Hall–Kier alpha value is -3.74. The molecule has 0 radical (unpaired) electrons. The zero-order chi connectivity index (χ0) is 27.3. The zero-order valence-electron chi connectivity index (χ0n) is 22.1. The SMILES string of the molecule is C[C@@H](Nc1nc2c(Br)cccc2c2nc(-c3cnn(C)c3)nn12)C(=O)N1CCN(C(=O)OC2(C)CCC2)CC1. The molecule has 4 aromatic rings. The minimum Gasteiger partial charge on any atom is -0.443 e. The van der Waals surface area contributed by atoms with E-state index in [0.29, 0.717) is 49.1 Å². The van der Waals surface area contributed by atoms with E-state index in [1.165, 1.54) is 0 Å². The highest BCUT2D eigenvalue weighted by atomic mass is 79.9. The molecular weight excluding hydrogens is 566 g/mol. The summed E-state index contributed by atoms with van der Waals surface area (Å²) < 4.78 is 9.84. The van der Waals surface area contributed by atoms with Gasteiger partial charge in [-0.25, -0.2) is 14.8 Å². The third-order valence-corrected chi connectivity index (χ3v) is 8.17. The fourth-order valence-corrected chi connectivity index (χ4v) is 5.49. The highest BCUT2D eigenvalue weighted by molar-refractivity contribution is 9.10. The van der Waals surface area contributed by atoms with Crippen LogP contribution in [0, 0.1) is 0 Å². The molecule has 3 aromatic heterocycles. The Morgan fingerprint density at radius 1 is 1.13 bits per heavy atom. The van der Waals surface area contributed by atoms with E-state index < -0.39 is 6.04 Å². The van der Waals surface area contributed by atoms with Crippen molar-refractivity contribution in [1.29, 1.82) is 0 Å². The summed E-state index contributed by atoms with van der Waals surface area (Å²) in [4.78, 5) is 39.0. The van der Waals surface area contributed by atoms with Crippen LogP contribution in [0.4, 0.5) is 10.7 Å². The number of para-hydroxylation sites is 1. The first kappa shape index (κ1) is 25.5. The molecule has 1 aliphatic carbocycles. The van der Waals surface area contributed by atoms with E-state index in [9.17, 15) is 9.59 Å². The fraction of sp³-hybridized carbons (Fsp3) is 0.462. The molecule has 1 saturated carbocycles. The molecular formula is C26H30BrN9O3. The van der Waals surface area contributed by atoms with Crippen molar-refractivity contribution < 1.29 is 14.3 Å². The Kier molecular flexibility index (Phi) is 6.40. The summed E-state index contributed by atoms with van der Waals surface area (Å²) in [5.41, 5.74) is 1.77. The number of carbonyl (C=O) groups is 2. The first-order valence-corrected chi connectivity index (χ1v) is 13.9. The van der Waals surface area contributed by atoms with Gasteiger partial charge in [0, 0.05) is 49.3 Å².